The van der Waals surface area contributed by atoms with Crippen molar-refractivity contribution in [3.63, 3.8) is 0 Å². The van der Waals surface area contributed by atoms with Gasteiger partial charge < -0.3 is 13.6 Å². The lowest BCUT2D eigenvalue weighted by atomic mass is 10.4. The summed E-state index contributed by atoms with van der Waals surface area (Å²) in [6.07, 6.45) is 3.17. The molecule has 0 saturated heterocycles. The van der Waals surface area contributed by atoms with Crippen molar-refractivity contribution in [2.45, 2.75) is 13.5 Å². The van der Waals surface area contributed by atoms with Gasteiger partial charge in [-0.25, -0.2) is 14.8 Å². The van der Waals surface area contributed by atoms with Gasteiger partial charge in [0.1, 0.15) is 24.2 Å². The second kappa shape index (κ2) is 5.93. The van der Waals surface area contributed by atoms with Gasteiger partial charge in [0.25, 0.3) is 0 Å². The molecular weight excluding hydrogens is 326 g/mol. The summed E-state index contributed by atoms with van der Waals surface area (Å²) in [7, 11) is 0. The molecule has 4 rings (SSSR count). The minimum atomic E-state index is -0.487. The van der Waals surface area contributed by atoms with Gasteiger partial charge in [-0.05, 0) is 30.5 Å². The molecule has 4 heterocycles. The van der Waals surface area contributed by atoms with Crippen LogP contribution in [-0.4, -0.2) is 20.3 Å². The highest BCUT2D eigenvalue weighted by Gasteiger charge is 2.15. The van der Waals surface area contributed by atoms with Crippen molar-refractivity contribution in [2.24, 2.45) is 0 Å². The monoisotopic (exact) mass is 339 g/mol. The third-order valence-corrected chi connectivity index (χ3v) is 4.40. The van der Waals surface area contributed by atoms with Crippen LogP contribution in [0.4, 0.5) is 0 Å². The summed E-state index contributed by atoms with van der Waals surface area (Å²) in [6.45, 7) is 1.99. The molecular formula is C17H13N3O3S. The lowest BCUT2D eigenvalue weighted by Crippen LogP contribution is -2.05. The van der Waals surface area contributed by atoms with E-state index < -0.39 is 5.97 Å². The molecule has 0 amide bonds. The summed E-state index contributed by atoms with van der Waals surface area (Å²) in [4.78, 5) is 21.7. The fourth-order valence-corrected chi connectivity index (χ4v) is 3.00. The Morgan fingerprint density at radius 2 is 2.21 bits per heavy atom. The van der Waals surface area contributed by atoms with Gasteiger partial charge in [-0.2, -0.15) is 0 Å². The molecule has 24 heavy (non-hydrogen) atoms. The average Bonchev–Trinajstić information content (AvgIpc) is 3.31. The molecule has 4 aromatic heterocycles. The van der Waals surface area contributed by atoms with Crippen molar-refractivity contribution < 1.29 is 13.9 Å². The Balaban J connectivity index is 1.47. The summed E-state index contributed by atoms with van der Waals surface area (Å²) in [5, 5.41) is 1.95. The standard InChI is InChI=1S/C17H13N3O3S/c1-11-4-2-6-15-19-13(8-20(11)15)17(21)23-10-12-9-22-16(18-12)14-5-3-7-24-14/h2-9H,10H2,1H3. The van der Waals surface area contributed by atoms with E-state index in [4.69, 9.17) is 9.15 Å². The molecule has 4 aromatic rings. The number of carbonyl (C=O) groups is 1. The van der Waals surface area contributed by atoms with Gasteiger partial charge >= 0.3 is 5.97 Å². The molecule has 0 atom stereocenters. The van der Waals surface area contributed by atoms with Crippen molar-refractivity contribution in [3.05, 3.63) is 65.3 Å². The summed E-state index contributed by atoms with van der Waals surface area (Å²) < 4.78 is 12.5. The number of nitrogens with zero attached hydrogens (tertiary/aromatic N) is 3. The Kier molecular flexibility index (Phi) is 3.62. The van der Waals surface area contributed by atoms with Crippen molar-refractivity contribution >= 4 is 23.0 Å². The number of aryl methyl sites for hydroxylation is 1. The zero-order valence-corrected chi connectivity index (χ0v) is 13.6. The number of hydrogen-bond donors (Lipinski definition) is 0. The maximum atomic E-state index is 12.2. The van der Waals surface area contributed by atoms with Crippen LogP contribution in [0.5, 0.6) is 0 Å². The lowest BCUT2D eigenvalue weighted by molar-refractivity contribution is 0.0461. The molecule has 0 bridgehead atoms. The highest BCUT2D eigenvalue weighted by atomic mass is 32.1. The van der Waals surface area contributed by atoms with E-state index in [0.29, 0.717) is 17.2 Å². The van der Waals surface area contributed by atoms with Crippen LogP contribution < -0.4 is 0 Å². The van der Waals surface area contributed by atoms with Crippen LogP contribution in [0.2, 0.25) is 0 Å². The van der Waals surface area contributed by atoms with Crippen LogP contribution in [0.1, 0.15) is 21.9 Å². The third kappa shape index (κ3) is 2.69. The lowest BCUT2D eigenvalue weighted by Gasteiger charge is -1.98. The average molecular weight is 339 g/mol. The number of hydrogen-bond acceptors (Lipinski definition) is 6. The highest BCUT2D eigenvalue weighted by Crippen LogP contribution is 2.23. The van der Waals surface area contributed by atoms with Gasteiger partial charge in [0.2, 0.25) is 5.89 Å². The van der Waals surface area contributed by atoms with E-state index in [0.717, 1.165) is 10.6 Å². The van der Waals surface area contributed by atoms with Gasteiger partial charge in [-0.3, -0.25) is 0 Å². The van der Waals surface area contributed by atoms with Gasteiger partial charge in [0.05, 0.1) is 4.88 Å². The summed E-state index contributed by atoms with van der Waals surface area (Å²) in [6, 6.07) is 9.54. The molecule has 0 saturated carbocycles. The molecule has 0 aliphatic carbocycles. The number of esters is 1. The molecule has 0 fully saturated rings. The smallest absolute Gasteiger partial charge is 0.358 e. The van der Waals surface area contributed by atoms with E-state index in [1.54, 1.807) is 6.20 Å². The molecule has 0 N–H and O–H groups in total. The van der Waals surface area contributed by atoms with Gasteiger partial charge in [-0.15, -0.1) is 11.3 Å². The molecule has 0 spiro atoms. The maximum absolute atomic E-state index is 12.2. The zero-order chi connectivity index (χ0) is 16.5. The quantitative estimate of drug-likeness (QED) is 0.530. The number of carbonyl (C=O) groups excluding carboxylic acids is 1. The Morgan fingerprint density at radius 3 is 3.00 bits per heavy atom. The highest BCUT2D eigenvalue weighted by molar-refractivity contribution is 7.13. The number of imidazole rings is 1. The maximum Gasteiger partial charge on any atom is 0.358 e. The number of rotatable bonds is 4. The van der Waals surface area contributed by atoms with E-state index in [9.17, 15) is 4.79 Å². The Hall–Kier alpha value is -2.93. The first-order valence-electron chi connectivity index (χ1n) is 7.31. The summed E-state index contributed by atoms with van der Waals surface area (Å²) in [5.41, 5.74) is 2.54. The number of pyridine rings is 1. The molecule has 0 aliphatic rings. The first kappa shape index (κ1) is 14.6. The number of fused-ring (bicyclic) bond motifs is 1. The molecule has 0 radical (unpaired) electrons. The second-order valence-electron chi connectivity index (χ2n) is 5.22. The Bertz CT molecular complexity index is 1000. The Morgan fingerprint density at radius 1 is 1.29 bits per heavy atom. The zero-order valence-electron chi connectivity index (χ0n) is 12.8. The number of thiophene rings is 1. The number of oxazole rings is 1. The normalized spacial score (nSPS) is 11.0. The van der Waals surface area contributed by atoms with Crippen molar-refractivity contribution in [2.75, 3.05) is 0 Å². The van der Waals surface area contributed by atoms with E-state index >= 15 is 0 Å². The minimum absolute atomic E-state index is 0.0422. The first-order chi connectivity index (χ1) is 11.7. The number of aromatic nitrogens is 3. The second-order valence-corrected chi connectivity index (χ2v) is 6.17. The van der Waals surface area contributed by atoms with Gasteiger partial charge in [0, 0.05) is 11.9 Å². The predicted octanol–water partition coefficient (Wildman–Crippen LogP) is 3.72. The largest absolute Gasteiger partial charge is 0.454 e. The van der Waals surface area contributed by atoms with Crippen molar-refractivity contribution in [3.8, 4) is 10.8 Å². The van der Waals surface area contributed by atoms with Gasteiger partial charge in [-0.1, -0.05) is 12.1 Å². The van der Waals surface area contributed by atoms with Crippen LogP contribution in [0.3, 0.4) is 0 Å². The van der Waals surface area contributed by atoms with Crippen LogP contribution in [0.15, 0.2) is 52.6 Å². The summed E-state index contributed by atoms with van der Waals surface area (Å²) >= 11 is 1.54. The summed E-state index contributed by atoms with van der Waals surface area (Å²) in [5.74, 6) is 0.0400. The fraction of sp³-hybridized carbons (Fsp3) is 0.118. The van der Waals surface area contributed by atoms with E-state index in [2.05, 4.69) is 9.97 Å². The Labute approximate surface area is 141 Å². The van der Waals surface area contributed by atoms with Crippen molar-refractivity contribution in [1.29, 1.82) is 0 Å². The van der Waals surface area contributed by atoms with Crippen LogP contribution in [0.25, 0.3) is 16.4 Å². The number of ether oxygens (including phenoxy) is 1. The third-order valence-electron chi connectivity index (χ3n) is 3.54. The SMILES string of the molecule is Cc1cccc2nc(C(=O)OCc3coc(-c4cccs4)n3)cn12. The van der Waals surface area contributed by atoms with Crippen LogP contribution >= 0.6 is 11.3 Å². The molecule has 6 nitrogen and oxygen atoms in total. The minimum Gasteiger partial charge on any atom is -0.454 e. The van der Waals surface area contributed by atoms with Crippen LogP contribution in [0, 0.1) is 6.92 Å². The molecule has 0 aliphatic heterocycles. The topological polar surface area (TPSA) is 69.6 Å². The van der Waals surface area contributed by atoms with E-state index in [1.807, 2.05) is 47.0 Å². The van der Waals surface area contributed by atoms with Crippen LogP contribution in [-0.2, 0) is 11.3 Å². The van der Waals surface area contributed by atoms with Crippen molar-refractivity contribution in [1.82, 2.24) is 14.4 Å². The molecule has 0 unspecified atom stereocenters. The van der Waals surface area contributed by atoms with E-state index in [1.165, 1.54) is 17.6 Å². The first-order valence-corrected chi connectivity index (χ1v) is 8.19. The molecule has 0 aromatic carbocycles. The molecule has 7 heteroatoms. The predicted molar refractivity (Wildman–Crippen MR) is 88.9 cm³/mol. The fourth-order valence-electron chi connectivity index (χ4n) is 2.35. The molecule has 120 valence electrons. The van der Waals surface area contributed by atoms with E-state index in [-0.39, 0.29) is 12.3 Å². The van der Waals surface area contributed by atoms with Gasteiger partial charge in [0.15, 0.2) is 5.69 Å².